The summed E-state index contributed by atoms with van der Waals surface area (Å²) in [7, 11) is 0. The average molecular weight is 438 g/mol. The lowest BCUT2D eigenvalue weighted by Crippen LogP contribution is -2.40. The minimum atomic E-state index is -1.26. The Hall–Kier alpha value is -3.27. The number of pyridine rings is 1. The molecule has 3 rings (SSSR count). The molecule has 0 aliphatic carbocycles. The van der Waals surface area contributed by atoms with Crippen molar-refractivity contribution in [3.8, 4) is 0 Å². The highest BCUT2D eigenvalue weighted by Gasteiger charge is 2.25. The third-order valence-electron chi connectivity index (χ3n) is 4.71. The molecule has 2 aromatic rings. The van der Waals surface area contributed by atoms with Gasteiger partial charge in [-0.1, -0.05) is 11.6 Å². The highest BCUT2D eigenvalue weighted by atomic mass is 35.5. The molecule has 158 valence electrons. The molecule has 4 amide bonds. The standard InChI is InChI=1S/C19H18ClF2N5O3/c20-12-9-14(22)13(21)8-11(12)18(29)26-19(30)25-15-2-1-5-24-17(15)27-6-3-10(4-7-27)16(23)28/h1-2,5,8-10H,3-4,6-7H2,(H2,23,28)(H2,25,26,29,30). The fourth-order valence-electron chi connectivity index (χ4n) is 3.14. The summed E-state index contributed by atoms with van der Waals surface area (Å²) in [5.41, 5.74) is 5.29. The third-order valence-corrected chi connectivity index (χ3v) is 5.03. The number of amides is 4. The molecular formula is C19H18ClF2N5O3. The van der Waals surface area contributed by atoms with Crippen LogP contribution in [0.4, 0.5) is 25.1 Å². The van der Waals surface area contributed by atoms with Gasteiger partial charge in [-0.25, -0.2) is 18.6 Å². The number of rotatable bonds is 4. The van der Waals surface area contributed by atoms with E-state index in [0.29, 0.717) is 49.6 Å². The Kier molecular flexibility index (Phi) is 6.46. The van der Waals surface area contributed by atoms with Crippen LogP contribution in [0.2, 0.25) is 5.02 Å². The highest BCUT2D eigenvalue weighted by Crippen LogP contribution is 2.27. The second-order valence-corrected chi connectivity index (χ2v) is 7.10. The van der Waals surface area contributed by atoms with Gasteiger partial charge in [0.25, 0.3) is 5.91 Å². The number of piperidine rings is 1. The van der Waals surface area contributed by atoms with Crippen molar-refractivity contribution >= 4 is 41.0 Å². The molecule has 11 heteroatoms. The average Bonchev–Trinajstić information content (AvgIpc) is 2.71. The molecule has 1 aromatic carbocycles. The summed E-state index contributed by atoms with van der Waals surface area (Å²) in [6.45, 7) is 1.04. The fourth-order valence-corrected chi connectivity index (χ4v) is 3.38. The predicted molar refractivity (Wildman–Crippen MR) is 106 cm³/mol. The first-order chi connectivity index (χ1) is 14.3. The number of aromatic nitrogens is 1. The van der Waals surface area contributed by atoms with E-state index in [-0.39, 0.29) is 22.4 Å². The number of carbonyl (C=O) groups excluding carboxylic acids is 3. The monoisotopic (exact) mass is 437 g/mol. The maximum absolute atomic E-state index is 13.4. The second kappa shape index (κ2) is 9.04. The molecule has 0 atom stereocenters. The smallest absolute Gasteiger partial charge is 0.326 e. The summed E-state index contributed by atoms with van der Waals surface area (Å²) in [5, 5.41) is 4.19. The summed E-state index contributed by atoms with van der Waals surface area (Å²) in [6.07, 6.45) is 2.67. The van der Waals surface area contributed by atoms with Gasteiger partial charge in [0.15, 0.2) is 17.5 Å². The van der Waals surface area contributed by atoms with Gasteiger partial charge in [-0.05, 0) is 37.1 Å². The molecule has 0 spiro atoms. The van der Waals surface area contributed by atoms with Gasteiger partial charge in [0.1, 0.15) is 0 Å². The number of primary amides is 1. The van der Waals surface area contributed by atoms with Gasteiger partial charge in [0, 0.05) is 25.2 Å². The molecule has 2 heterocycles. The number of anilines is 2. The summed E-state index contributed by atoms with van der Waals surface area (Å²) in [5.74, 6) is -3.55. The van der Waals surface area contributed by atoms with E-state index in [9.17, 15) is 23.2 Å². The maximum atomic E-state index is 13.4. The molecule has 8 nitrogen and oxygen atoms in total. The van der Waals surface area contributed by atoms with Gasteiger partial charge in [-0.15, -0.1) is 0 Å². The van der Waals surface area contributed by atoms with Crippen molar-refractivity contribution in [2.75, 3.05) is 23.3 Å². The molecule has 4 N–H and O–H groups in total. The summed E-state index contributed by atoms with van der Waals surface area (Å²) >= 11 is 5.75. The van der Waals surface area contributed by atoms with E-state index in [2.05, 4.69) is 10.3 Å². The number of nitrogens with one attached hydrogen (secondary N) is 2. The van der Waals surface area contributed by atoms with Gasteiger partial charge >= 0.3 is 6.03 Å². The summed E-state index contributed by atoms with van der Waals surface area (Å²) in [6, 6.07) is 3.56. The largest absolute Gasteiger partial charge is 0.369 e. The van der Waals surface area contributed by atoms with E-state index >= 15 is 0 Å². The lowest BCUT2D eigenvalue weighted by atomic mass is 9.96. The van der Waals surface area contributed by atoms with E-state index < -0.39 is 23.6 Å². The van der Waals surface area contributed by atoms with Gasteiger partial charge in [-0.3, -0.25) is 14.9 Å². The Morgan fingerprint density at radius 3 is 2.50 bits per heavy atom. The van der Waals surface area contributed by atoms with Gasteiger partial charge in [0.2, 0.25) is 5.91 Å². The number of urea groups is 1. The molecule has 0 saturated carbocycles. The van der Waals surface area contributed by atoms with Crippen molar-refractivity contribution in [3.05, 3.63) is 52.7 Å². The van der Waals surface area contributed by atoms with E-state index in [4.69, 9.17) is 17.3 Å². The lowest BCUT2D eigenvalue weighted by Gasteiger charge is -2.32. The molecule has 1 fully saturated rings. The van der Waals surface area contributed by atoms with Crippen molar-refractivity contribution in [2.24, 2.45) is 11.7 Å². The first-order valence-electron chi connectivity index (χ1n) is 9.02. The quantitative estimate of drug-likeness (QED) is 0.636. The first kappa shape index (κ1) is 21.4. The van der Waals surface area contributed by atoms with Crippen LogP contribution in [0.5, 0.6) is 0 Å². The van der Waals surface area contributed by atoms with Crippen LogP contribution in [0.1, 0.15) is 23.2 Å². The van der Waals surface area contributed by atoms with Gasteiger partial charge in [-0.2, -0.15) is 0 Å². The fraction of sp³-hybridized carbons (Fsp3) is 0.263. The number of nitrogens with two attached hydrogens (primary N) is 1. The van der Waals surface area contributed by atoms with Crippen LogP contribution in [0.25, 0.3) is 0 Å². The molecule has 0 radical (unpaired) electrons. The Balaban J connectivity index is 1.68. The predicted octanol–water partition coefficient (Wildman–Crippen LogP) is 2.68. The van der Waals surface area contributed by atoms with Crippen LogP contribution >= 0.6 is 11.6 Å². The molecule has 0 unspecified atom stereocenters. The van der Waals surface area contributed by atoms with Crippen molar-refractivity contribution < 1.29 is 23.2 Å². The minimum Gasteiger partial charge on any atom is -0.369 e. The molecule has 1 aromatic heterocycles. The van der Waals surface area contributed by atoms with Crippen molar-refractivity contribution in [2.45, 2.75) is 12.8 Å². The topological polar surface area (TPSA) is 117 Å². The Morgan fingerprint density at radius 2 is 1.83 bits per heavy atom. The van der Waals surface area contributed by atoms with E-state index in [1.54, 1.807) is 18.3 Å². The number of carbonyl (C=O) groups is 3. The van der Waals surface area contributed by atoms with E-state index in [1.165, 1.54) is 0 Å². The first-order valence-corrected chi connectivity index (χ1v) is 9.40. The minimum absolute atomic E-state index is 0.205. The number of benzene rings is 1. The van der Waals surface area contributed by atoms with Crippen LogP contribution in [-0.2, 0) is 4.79 Å². The Morgan fingerprint density at radius 1 is 1.17 bits per heavy atom. The molecular weight excluding hydrogens is 420 g/mol. The Labute approximate surface area is 175 Å². The van der Waals surface area contributed by atoms with E-state index in [0.717, 1.165) is 0 Å². The zero-order valence-electron chi connectivity index (χ0n) is 15.6. The van der Waals surface area contributed by atoms with Crippen LogP contribution < -0.4 is 21.3 Å². The SMILES string of the molecule is NC(=O)C1CCN(c2ncccc2NC(=O)NC(=O)c2cc(F)c(F)cc2Cl)CC1. The zero-order chi connectivity index (χ0) is 21.8. The molecule has 1 aliphatic rings. The van der Waals surface area contributed by atoms with Gasteiger partial charge in [0.05, 0.1) is 16.3 Å². The molecule has 1 saturated heterocycles. The summed E-state index contributed by atoms with van der Waals surface area (Å²) in [4.78, 5) is 42.0. The van der Waals surface area contributed by atoms with Gasteiger partial charge < -0.3 is 16.0 Å². The van der Waals surface area contributed by atoms with E-state index in [1.807, 2.05) is 10.2 Å². The van der Waals surface area contributed by atoms with Crippen LogP contribution in [-0.4, -0.2) is 35.9 Å². The molecule has 1 aliphatic heterocycles. The normalized spacial score (nSPS) is 14.3. The highest BCUT2D eigenvalue weighted by molar-refractivity contribution is 6.34. The number of hydrogen-bond acceptors (Lipinski definition) is 5. The Bertz CT molecular complexity index is 996. The summed E-state index contributed by atoms with van der Waals surface area (Å²) < 4.78 is 26.5. The van der Waals surface area contributed by atoms with Crippen LogP contribution in [0.15, 0.2) is 30.5 Å². The van der Waals surface area contributed by atoms with Crippen LogP contribution in [0.3, 0.4) is 0 Å². The molecule has 0 bridgehead atoms. The lowest BCUT2D eigenvalue weighted by molar-refractivity contribution is -0.122. The maximum Gasteiger partial charge on any atom is 0.326 e. The van der Waals surface area contributed by atoms with Crippen molar-refractivity contribution in [1.29, 1.82) is 0 Å². The number of halogens is 3. The number of imide groups is 1. The third kappa shape index (κ3) is 4.82. The molecule has 30 heavy (non-hydrogen) atoms. The zero-order valence-corrected chi connectivity index (χ0v) is 16.4. The van der Waals surface area contributed by atoms with Crippen molar-refractivity contribution in [3.63, 3.8) is 0 Å². The number of hydrogen-bond donors (Lipinski definition) is 3. The van der Waals surface area contributed by atoms with Crippen molar-refractivity contribution in [1.82, 2.24) is 10.3 Å². The number of nitrogens with zero attached hydrogens (tertiary/aromatic N) is 2. The second-order valence-electron chi connectivity index (χ2n) is 6.69. The van der Waals surface area contributed by atoms with Crippen LogP contribution in [0, 0.1) is 17.6 Å².